The highest BCUT2D eigenvalue weighted by Gasteiger charge is 2.18. The van der Waals surface area contributed by atoms with E-state index in [1.165, 1.54) is 73.7 Å². The van der Waals surface area contributed by atoms with Crippen LogP contribution >= 0.6 is 22.7 Å². The summed E-state index contributed by atoms with van der Waals surface area (Å²) < 4.78 is 5.19. The largest absolute Gasteiger partial charge is 0.310 e. The van der Waals surface area contributed by atoms with E-state index >= 15 is 0 Å². The quantitative estimate of drug-likeness (QED) is 0.143. The van der Waals surface area contributed by atoms with E-state index in [2.05, 4.69) is 252 Å². The first-order valence-electron chi connectivity index (χ1n) is 21.6. The second-order valence-electron chi connectivity index (χ2n) is 16.1. The number of fused-ring (bicyclic) bond motifs is 6. The molecule has 4 heteroatoms. The molecular weight excluding hydrogens is 813 g/mol. The van der Waals surface area contributed by atoms with Crippen molar-refractivity contribution in [2.75, 3.05) is 9.80 Å². The van der Waals surface area contributed by atoms with Crippen molar-refractivity contribution in [1.29, 1.82) is 0 Å². The maximum absolute atomic E-state index is 2.37. The Hall–Kier alpha value is -7.76. The average Bonchev–Trinajstić information content (AvgIpc) is 3.93. The van der Waals surface area contributed by atoms with Gasteiger partial charge in [-0.1, -0.05) is 158 Å². The van der Waals surface area contributed by atoms with Crippen molar-refractivity contribution in [2.24, 2.45) is 0 Å². The zero-order chi connectivity index (χ0) is 42.4. The summed E-state index contributed by atoms with van der Waals surface area (Å²) in [6.07, 6.45) is 0. The predicted octanol–water partition coefficient (Wildman–Crippen LogP) is 18.4. The molecule has 0 unspecified atom stereocenters. The lowest BCUT2D eigenvalue weighted by molar-refractivity contribution is 1.29. The first-order valence-corrected chi connectivity index (χ1v) is 23.3. The minimum absolute atomic E-state index is 1.11. The summed E-state index contributed by atoms with van der Waals surface area (Å²) in [6, 6.07) is 88.3. The zero-order valence-corrected chi connectivity index (χ0v) is 36.4. The number of nitrogens with zero attached hydrogens (tertiary/aromatic N) is 2. The fourth-order valence-corrected chi connectivity index (χ4v) is 11.4. The Labute approximate surface area is 380 Å². The molecule has 0 saturated carbocycles. The summed E-state index contributed by atoms with van der Waals surface area (Å²) in [4.78, 5) is 4.75. The lowest BCUT2D eigenvalue weighted by atomic mass is 10.0. The highest BCUT2D eigenvalue weighted by Crippen LogP contribution is 2.44. The van der Waals surface area contributed by atoms with E-state index in [0.717, 1.165) is 34.1 Å². The summed E-state index contributed by atoms with van der Waals surface area (Å²) in [5.74, 6) is 0. The van der Waals surface area contributed by atoms with Crippen LogP contribution in [0, 0.1) is 0 Å². The van der Waals surface area contributed by atoms with Gasteiger partial charge in [0.15, 0.2) is 0 Å². The van der Waals surface area contributed by atoms with E-state index in [9.17, 15) is 0 Å². The van der Waals surface area contributed by atoms with Gasteiger partial charge >= 0.3 is 0 Å². The van der Waals surface area contributed by atoms with Crippen molar-refractivity contribution in [3.05, 3.63) is 243 Å². The third-order valence-electron chi connectivity index (χ3n) is 12.3. The second kappa shape index (κ2) is 16.2. The molecule has 0 amide bonds. The molecule has 12 aromatic rings. The van der Waals surface area contributed by atoms with Crippen molar-refractivity contribution in [1.82, 2.24) is 0 Å². The number of benzene rings is 10. The van der Waals surface area contributed by atoms with Crippen LogP contribution in [0.2, 0.25) is 0 Å². The molecular formula is C60H40N2S2. The third kappa shape index (κ3) is 7.00. The molecule has 0 aliphatic rings. The van der Waals surface area contributed by atoms with Crippen LogP contribution in [0.4, 0.5) is 34.1 Å². The normalized spacial score (nSPS) is 11.4. The summed E-state index contributed by atoms with van der Waals surface area (Å²) >= 11 is 3.71. The van der Waals surface area contributed by atoms with E-state index in [1.807, 2.05) is 22.7 Å². The standard InChI is InChI=1S/C60H40N2S2/c1-3-11-41(12-4-1)43-19-27-47(28-20-43)61(51-35-37-55-53-15-7-9-17-57(53)63-59(55)39-51)49-31-23-45(24-32-49)46-25-33-50(34-26-46)62(48-29-21-44(22-30-48)42-13-5-2-6-14-42)52-36-38-56-54-16-8-10-18-58(54)64-60(56)40-52/h1-40H. The molecule has 0 aliphatic carbocycles. The van der Waals surface area contributed by atoms with Gasteiger partial charge in [0, 0.05) is 74.5 Å². The van der Waals surface area contributed by atoms with Crippen molar-refractivity contribution in [2.45, 2.75) is 0 Å². The fourth-order valence-electron chi connectivity index (χ4n) is 9.07. The molecule has 0 saturated heterocycles. The average molecular weight is 853 g/mol. The van der Waals surface area contributed by atoms with Crippen molar-refractivity contribution < 1.29 is 0 Å². The molecule has 302 valence electrons. The molecule has 2 aromatic heterocycles. The van der Waals surface area contributed by atoms with E-state index < -0.39 is 0 Å². The topological polar surface area (TPSA) is 6.48 Å². The van der Waals surface area contributed by atoms with Crippen LogP contribution in [0.25, 0.3) is 73.7 Å². The first kappa shape index (κ1) is 38.0. The molecule has 0 bridgehead atoms. The Morgan fingerprint density at radius 3 is 0.812 bits per heavy atom. The maximum atomic E-state index is 2.37. The lowest BCUT2D eigenvalue weighted by Crippen LogP contribution is -2.10. The minimum atomic E-state index is 1.11. The van der Waals surface area contributed by atoms with Crippen LogP contribution in [-0.4, -0.2) is 0 Å². The van der Waals surface area contributed by atoms with Crippen LogP contribution in [0.5, 0.6) is 0 Å². The summed E-state index contributed by atoms with van der Waals surface area (Å²) in [6.45, 7) is 0. The van der Waals surface area contributed by atoms with Gasteiger partial charge in [0.2, 0.25) is 0 Å². The van der Waals surface area contributed by atoms with Crippen molar-refractivity contribution in [3.63, 3.8) is 0 Å². The van der Waals surface area contributed by atoms with E-state index in [0.29, 0.717) is 0 Å². The summed E-state index contributed by atoms with van der Waals surface area (Å²) in [7, 11) is 0. The SMILES string of the molecule is c1ccc(-c2ccc(N(c3ccc(-c4ccc(N(c5ccc(-c6ccccc6)cc5)c5ccc6c(c5)sc5ccccc56)cc4)cc3)c3ccc4c(c3)sc3ccccc34)cc2)cc1. The van der Waals surface area contributed by atoms with Crippen LogP contribution in [0.3, 0.4) is 0 Å². The molecule has 0 N–H and O–H groups in total. The van der Waals surface area contributed by atoms with Gasteiger partial charge in [0.25, 0.3) is 0 Å². The number of anilines is 6. The molecule has 2 heterocycles. The lowest BCUT2D eigenvalue weighted by Gasteiger charge is -2.26. The molecule has 0 radical (unpaired) electrons. The Balaban J connectivity index is 0.895. The molecule has 0 spiro atoms. The van der Waals surface area contributed by atoms with Crippen LogP contribution < -0.4 is 9.80 Å². The second-order valence-corrected chi connectivity index (χ2v) is 18.3. The third-order valence-corrected chi connectivity index (χ3v) is 14.6. The Kier molecular flexibility index (Phi) is 9.59. The number of rotatable bonds is 9. The van der Waals surface area contributed by atoms with Crippen molar-refractivity contribution in [3.8, 4) is 33.4 Å². The Morgan fingerprint density at radius 1 is 0.203 bits per heavy atom. The van der Waals surface area contributed by atoms with Gasteiger partial charge in [0.05, 0.1) is 0 Å². The van der Waals surface area contributed by atoms with Crippen LogP contribution in [-0.2, 0) is 0 Å². The van der Waals surface area contributed by atoms with E-state index in [1.54, 1.807) is 0 Å². The maximum Gasteiger partial charge on any atom is 0.0476 e. The van der Waals surface area contributed by atoms with Gasteiger partial charge in [-0.2, -0.15) is 0 Å². The van der Waals surface area contributed by atoms with Gasteiger partial charge in [-0.25, -0.2) is 0 Å². The summed E-state index contributed by atoms with van der Waals surface area (Å²) in [5, 5.41) is 5.21. The smallest absolute Gasteiger partial charge is 0.0476 e. The van der Waals surface area contributed by atoms with E-state index in [-0.39, 0.29) is 0 Å². The highest BCUT2D eigenvalue weighted by atomic mass is 32.1. The molecule has 0 aliphatic heterocycles. The molecule has 0 fully saturated rings. The van der Waals surface area contributed by atoms with Crippen LogP contribution in [0.1, 0.15) is 0 Å². The molecule has 12 rings (SSSR count). The van der Waals surface area contributed by atoms with Crippen LogP contribution in [0.15, 0.2) is 243 Å². The predicted molar refractivity (Wildman–Crippen MR) is 278 cm³/mol. The molecule has 10 aromatic carbocycles. The first-order chi connectivity index (χ1) is 31.7. The van der Waals surface area contributed by atoms with Gasteiger partial charge in [-0.3, -0.25) is 0 Å². The monoisotopic (exact) mass is 852 g/mol. The van der Waals surface area contributed by atoms with Crippen molar-refractivity contribution >= 4 is 97.1 Å². The number of hydrogen-bond acceptors (Lipinski definition) is 4. The fraction of sp³-hybridized carbons (Fsp3) is 0. The van der Waals surface area contributed by atoms with Gasteiger partial charge in [0.1, 0.15) is 0 Å². The molecule has 0 atom stereocenters. The van der Waals surface area contributed by atoms with E-state index in [4.69, 9.17) is 0 Å². The van der Waals surface area contributed by atoms with Gasteiger partial charge in [-0.15, -0.1) is 22.7 Å². The molecule has 64 heavy (non-hydrogen) atoms. The molecule has 2 nitrogen and oxygen atoms in total. The minimum Gasteiger partial charge on any atom is -0.310 e. The number of hydrogen-bond donors (Lipinski definition) is 0. The number of thiophene rings is 2. The zero-order valence-electron chi connectivity index (χ0n) is 34.8. The van der Waals surface area contributed by atoms with Gasteiger partial charge < -0.3 is 9.80 Å². The Bertz CT molecular complexity index is 3330. The Morgan fingerprint density at radius 2 is 0.469 bits per heavy atom. The summed E-state index contributed by atoms with van der Waals surface area (Å²) in [5.41, 5.74) is 13.9. The highest BCUT2D eigenvalue weighted by molar-refractivity contribution is 7.26. The van der Waals surface area contributed by atoms with Gasteiger partial charge in [-0.05, 0) is 118 Å².